The largest absolute Gasteiger partial charge is 0.486 e. The van der Waals surface area contributed by atoms with E-state index in [1.54, 1.807) is 4.40 Å². The second kappa shape index (κ2) is 16.4. The summed E-state index contributed by atoms with van der Waals surface area (Å²) in [6, 6.07) is 32.0. The van der Waals surface area contributed by atoms with Gasteiger partial charge in [0, 0.05) is 37.3 Å². The van der Waals surface area contributed by atoms with E-state index in [4.69, 9.17) is 14.4 Å². The number of nitrogens with zero attached hydrogens (tertiary/aromatic N) is 3. The molecule has 0 aliphatic rings. The zero-order chi connectivity index (χ0) is 36.4. The first kappa shape index (κ1) is 39.2. The molecule has 0 amide bonds. The van der Waals surface area contributed by atoms with Gasteiger partial charge in [-0.25, -0.2) is 9.37 Å². The van der Waals surface area contributed by atoms with Crippen LogP contribution in [-0.2, 0) is 26.5 Å². The quantitative estimate of drug-likeness (QED) is 0.118. The van der Waals surface area contributed by atoms with Gasteiger partial charge in [-0.15, -0.1) is 18.2 Å². The van der Waals surface area contributed by atoms with Crippen molar-refractivity contribution in [2.45, 2.75) is 71.1 Å². The van der Waals surface area contributed by atoms with E-state index in [0.717, 1.165) is 67.7 Å². The standard InChI is InChI=1S/C27H22FN2O.C18H24GeN.Ir/c1-15(2)18-10-11-29-24(14-18)22-7-5-6-20-21-8-9-23(30-27(21)31-26(20)22)25-16(3)12-19(28)13-17(25)4;1-14(2)11-16-12-18(15-9-7-6-8-10-15)20-13-17(16)19(3,4)5;/h5-6,8-15H,1-4H3;6-9,12-14H,11H2,1-5H3;/q2*-1;. The van der Waals surface area contributed by atoms with Crippen LogP contribution in [0.25, 0.3) is 55.8 Å². The number of rotatable bonds is 7. The fourth-order valence-corrected chi connectivity index (χ4v) is 10.0. The monoisotopic (exact) mass is 930 g/mol. The van der Waals surface area contributed by atoms with Gasteiger partial charge in [-0.2, -0.15) is 0 Å². The van der Waals surface area contributed by atoms with Crippen LogP contribution >= 0.6 is 0 Å². The topological polar surface area (TPSA) is 51.8 Å². The van der Waals surface area contributed by atoms with Gasteiger partial charge in [-0.1, -0.05) is 36.4 Å². The maximum atomic E-state index is 13.8. The minimum atomic E-state index is -1.86. The Balaban J connectivity index is 0.000000217. The van der Waals surface area contributed by atoms with Crippen LogP contribution in [0.15, 0.2) is 95.7 Å². The van der Waals surface area contributed by atoms with E-state index in [0.29, 0.717) is 17.5 Å². The molecule has 0 atom stereocenters. The molecule has 7 rings (SSSR count). The van der Waals surface area contributed by atoms with Gasteiger partial charge >= 0.3 is 126 Å². The molecule has 0 unspecified atom stereocenters. The molecule has 0 spiro atoms. The molecular weight excluding hydrogens is 882 g/mol. The van der Waals surface area contributed by atoms with Gasteiger partial charge in [0.25, 0.3) is 0 Å². The fraction of sp³-hybridized carbons (Fsp3) is 0.267. The third-order valence-electron chi connectivity index (χ3n) is 9.17. The van der Waals surface area contributed by atoms with Gasteiger partial charge in [-0.05, 0) is 66.9 Å². The molecule has 0 saturated carbocycles. The number of aromatic nitrogens is 3. The molecule has 0 fully saturated rings. The number of fused-ring (bicyclic) bond motifs is 3. The van der Waals surface area contributed by atoms with E-state index >= 15 is 0 Å². The summed E-state index contributed by atoms with van der Waals surface area (Å²) in [6.45, 7) is 12.7. The first-order valence-electron chi connectivity index (χ1n) is 17.7. The van der Waals surface area contributed by atoms with Crippen molar-refractivity contribution in [3.8, 4) is 33.8 Å². The van der Waals surface area contributed by atoms with Crippen molar-refractivity contribution >= 4 is 39.7 Å². The van der Waals surface area contributed by atoms with E-state index < -0.39 is 13.3 Å². The Hall–Kier alpha value is -3.97. The second-order valence-corrected chi connectivity index (χ2v) is 25.7. The summed E-state index contributed by atoms with van der Waals surface area (Å²) in [4.78, 5) is 14.1. The van der Waals surface area contributed by atoms with Crippen LogP contribution < -0.4 is 4.40 Å². The predicted molar refractivity (Wildman–Crippen MR) is 213 cm³/mol. The molecule has 4 aromatic heterocycles. The van der Waals surface area contributed by atoms with E-state index in [-0.39, 0.29) is 25.9 Å². The number of benzene rings is 3. The number of hydrogen-bond donors (Lipinski definition) is 0. The predicted octanol–water partition coefficient (Wildman–Crippen LogP) is 11.7. The van der Waals surface area contributed by atoms with Crippen LogP contribution in [0.1, 0.15) is 55.9 Å². The average Bonchev–Trinajstić information content (AvgIpc) is 3.46. The molecule has 0 saturated heterocycles. The van der Waals surface area contributed by atoms with Gasteiger partial charge in [-0.3, -0.25) is 0 Å². The molecule has 269 valence electrons. The second-order valence-electron chi connectivity index (χ2n) is 15.1. The molecule has 4 nitrogen and oxygen atoms in total. The van der Waals surface area contributed by atoms with Gasteiger partial charge in [0.2, 0.25) is 5.71 Å². The van der Waals surface area contributed by atoms with E-state index in [2.05, 4.69) is 86.5 Å². The summed E-state index contributed by atoms with van der Waals surface area (Å²) in [5.74, 6) is 8.16. The van der Waals surface area contributed by atoms with Crippen molar-refractivity contribution < 1.29 is 28.9 Å². The van der Waals surface area contributed by atoms with Crippen LogP contribution in [0.4, 0.5) is 4.39 Å². The Morgan fingerprint density at radius 3 is 2.19 bits per heavy atom. The number of hydrogen-bond acceptors (Lipinski definition) is 4. The van der Waals surface area contributed by atoms with Crippen molar-refractivity contribution in [2.75, 3.05) is 0 Å². The Bertz CT molecular complexity index is 2300. The first-order chi connectivity index (χ1) is 24.3. The smallest absolute Gasteiger partial charge is 0.216 e. The van der Waals surface area contributed by atoms with Crippen molar-refractivity contribution in [3.05, 3.63) is 131 Å². The van der Waals surface area contributed by atoms with E-state index in [1.165, 1.54) is 23.3 Å². The van der Waals surface area contributed by atoms with Gasteiger partial charge in [0.05, 0.1) is 11.3 Å². The van der Waals surface area contributed by atoms with Crippen molar-refractivity contribution in [3.63, 3.8) is 0 Å². The molecular formula is C45H46FGeIrN3O-2. The molecule has 7 aromatic rings. The SMILES string of the molecule is CC(C)Cc1cc(-c2[c-]cccc2)nc[c]1[Ge]([CH3])([CH3])[CH3].Cc1cc(F)cc(C)c1-c1ccc2c(n1)oc1c(-c3cc(C(C)C)ccn3)[c-]ccc12.[Ir]. The number of halogens is 1. The number of aryl methyl sites for hydroxylation is 2. The molecule has 3 aromatic carbocycles. The molecule has 1 radical (unpaired) electrons. The zero-order valence-electron chi connectivity index (χ0n) is 31.5. The maximum Gasteiger partial charge on any atom is 0.216 e. The van der Waals surface area contributed by atoms with Crippen molar-refractivity contribution in [2.24, 2.45) is 5.92 Å². The molecule has 7 heteroatoms. The van der Waals surface area contributed by atoms with Crippen LogP contribution in [-0.4, -0.2) is 28.2 Å². The normalized spacial score (nSPS) is 11.5. The Labute approximate surface area is 324 Å². The summed E-state index contributed by atoms with van der Waals surface area (Å²) in [5, 5.41) is 1.92. The summed E-state index contributed by atoms with van der Waals surface area (Å²) in [7, 11) is 0. The fourth-order valence-electron chi connectivity index (χ4n) is 6.69. The Morgan fingerprint density at radius 2 is 1.54 bits per heavy atom. The van der Waals surface area contributed by atoms with Crippen molar-refractivity contribution in [1.82, 2.24) is 15.0 Å². The third kappa shape index (κ3) is 8.63. The van der Waals surface area contributed by atoms with Crippen LogP contribution in [0.2, 0.25) is 17.3 Å². The van der Waals surface area contributed by atoms with E-state index in [1.807, 2.05) is 68.6 Å². The van der Waals surface area contributed by atoms with E-state index in [9.17, 15) is 4.39 Å². The Kier molecular flexibility index (Phi) is 12.4. The Morgan fingerprint density at radius 1 is 0.788 bits per heavy atom. The summed E-state index contributed by atoms with van der Waals surface area (Å²) in [5.41, 5.74) is 11.2. The molecule has 0 aliphatic heterocycles. The van der Waals surface area contributed by atoms with Crippen molar-refractivity contribution in [1.29, 1.82) is 0 Å². The van der Waals surface area contributed by atoms with Crippen LogP contribution in [0.5, 0.6) is 0 Å². The molecule has 4 heterocycles. The summed E-state index contributed by atoms with van der Waals surface area (Å²) in [6.07, 6.45) is 5.10. The van der Waals surface area contributed by atoms with Gasteiger partial charge < -0.3 is 9.40 Å². The average molecular weight is 929 g/mol. The zero-order valence-corrected chi connectivity index (χ0v) is 36.0. The molecule has 0 aliphatic carbocycles. The molecule has 0 N–H and O–H groups in total. The van der Waals surface area contributed by atoms with Gasteiger partial charge in [0.15, 0.2) is 0 Å². The number of pyridine rings is 3. The minimum absolute atomic E-state index is 0. The third-order valence-corrected chi connectivity index (χ3v) is 13.5. The van der Waals surface area contributed by atoms with Gasteiger partial charge in [0.1, 0.15) is 5.82 Å². The van der Waals surface area contributed by atoms with Crippen LogP contribution in [0.3, 0.4) is 0 Å². The minimum Gasteiger partial charge on any atom is -0.486 e. The first-order valence-corrected chi connectivity index (χ1v) is 25.1. The molecule has 0 bridgehead atoms. The molecule has 52 heavy (non-hydrogen) atoms. The number of furan rings is 1. The summed E-state index contributed by atoms with van der Waals surface area (Å²) < 4.78 is 21.5. The maximum absolute atomic E-state index is 13.8. The summed E-state index contributed by atoms with van der Waals surface area (Å²) >= 11 is -1.86. The van der Waals surface area contributed by atoms with Crippen LogP contribution in [0, 0.1) is 37.7 Å².